The van der Waals surface area contributed by atoms with E-state index in [-0.39, 0.29) is 31.3 Å². The van der Waals surface area contributed by atoms with Crippen LogP contribution >= 0.6 is 12.4 Å². The molecule has 1 fully saturated rings. The predicted molar refractivity (Wildman–Crippen MR) is 78.9 cm³/mol. The fourth-order valence-electron chi connectivity index (χ4n) is 2.49. The van der Waals surface area contributed by atoms with E-state index in [1.54, 1.807) is 4.90 Å². The molecule has 0 radical (unpaired) electrons. The summed E-state index contributed by atoms with van der Waals surface area (Å²) in [6.45, 7) is 0.736. The number of likely N-dealkylation sites (tertiary alicyclic amines) is 1. The summed E-state index contributed by atoms with van der Waals surface area (Å²) in [5.41, 5.74) is 0.645. The number of carboxylic acid groups (broad SMARTS) is 1. The summed E-state index contributed by atoms with van der Waals surface area (Å²) in [6, 6.07) is 3.71. The zero-order valence-electron chi connectivity index (χ0n) is 11.9. The second-order valence-electron chi connectivity index (χ2n) is 5.27. The van der Waals surface area contributed by atoms with Gasteiger partial charge in [0, 0.05) is 19.5 Å². The second-order valence-corrected chi connectivity index (χ2v) is 5.27. The Labute approximate surface area is 133 Å². The van der Waals surface area contributed by atoms with E-state index in [1.807, 2.05) is 0 Å². The van der Waals surface area contributed by atoms with Crippen LogP contribution in [0.3, 0.4) is 0 Å². The molecule has 1 saturated heterocycles. The standard InChI is InChI=1S/C15H17F2NO3.ClH/c16-12-5-4-10(8-13(12)17)2-1-3-14(19)18-7-6-11(9-18)15(20)21;/h4-5,8,11H,1-3,6-7,9H2,(H,20,21);1H. The Morgan fingerprint density at radius 1 is 1.27 bits per heavy atom. The van der Waals surface area contributed by atoms with Crippen LogP contribution in [0, 0.1) is 17.6 Å². The van der Waals surface area contributed by atoms with Gasteiger partial charge in [-0.25, -0.2) is 8.78 Å². The number of amides is 1. The van der Waals surface area contributed by atoms with Gasteiger partial charge in [-0.3, -0.25) is 9.59 Å². The van der Waals surface area contributed by atoms with Gasteiger partial charge in [0.05, 0.1) is 5.92 Å². The molecule has 122 valence electrons. The number of hydrogen-bond donors (Lipinski definition) is 1. The molecule has 1 aromatic carbocycles. The molecule has 1 atom stereocenters. The number of aryl methyl sites for hydroxylation is 1. The largest absolute Gasteiger partial charge is 0.481 e. The van der Waals surface area contributed by atoms with Gasteiger partial charge in [-0.1, -0.05) is 6.07 Å². The van der Waals surface area contributed by atoms with Crippen molar-refractivity contribution in [1.82, 2.24) is 4.90 Å². The normalized spacial score (nSPS) is 17.2. The van der Waals surface area contributed by atoms with E-state index in [0.29, 0.717) is 31.4 Å². The first kappa shape index (κ1) is 18.4. The van der Waals surface area contributed by atoms with Gasteiger partial charge in [-0.15, -0.1) is 12.4 Å². The number of benzene rings is 1. The molecule has 1 aliphatic heterocycles. The third-order valence-corrected chi connectivity index (χ3v) is 3.73. The monoisotopic (exact) mass is 333 g/mol. The Bertz CT molecular complexity index is 554. The molecule has 1 heterocycles. The van der Waals surface area contributed by atoms with E-state index < -0.39 is 23.5 Å². The summed E-state index contributed by atoms with van der Waals surface area (Å²) in [4.78, 5) is 24.3. The number of carbonyl (C=O) groups excluding carboxylic acids is 1. The highest BCUT2D eigenvalue weighted by atomic mass is 35.5. The molecule has 2 rings (SSSR count). The van der Waals surface area contributed by atoms with Crippen molar-refractivity contribution >= 4 is 24.3 Å². The highest BCUT2D eigenvalue weighted by molar-refractivity contribution is 5.85. The van der Waals surface area contributed by atoms with Crippen LogP contribution in [-0.2, 0) is 16.0 Å². The Balaban J connectivity index is 0.00000242. The Hall–Kier alpha value is -1.69. The number of halogens is 3. The minimum absolute atomic E-state index is 0. The summed E-state index contributed by atoms with van der Waals surface area (Å²) in [7, 11) is 0. The molecule has 0 bridgehead atoms. The van der Waals surface area contributed by atoms with Crippen LogP contribution in [0.4, 0.5) is 8.78 Å². The molecule has 0 spiro atoms. The molecule has 1 aromatic rings. The van der Waals surface area contributed by atoms with Crippen molar-refractivity contribution in [2.45, 2.75) is 25.7 Å². The Kier molecular flexibility index (Phi) is 6.74. The number of carboxylic acids is 1. The van der Waals surface area contributed by atoms with Crippen LogP contribution in [0.15, 0.2) is 18.2 Å². The summed E-state index contributed by atoms with van der Waals surface area (Å²) in [6.07, 6.45) is 1.78. The fraction of sp³-hybridized carbons (Fsp3) is 0.467. The van der Waals surface area contributed by atoms with Gasteiger partial charge < -0.3 is 10.0 Å². The SMILES string of the molecule is Cl.O=C(O)C1CCN(C(=O)CCCc2ccc(F)c(F)c2)C1. The molecular formula is C15H18ClF2NO3. The lowest BCUT2D eigenvalue weighted by Gasteiger charge is -2.15. The smallest absolute Gasteiger partial charge is 0.308 e. The molecule has 4 nitrogen and oxygen atoms in total. The predicted octanol–water partition coefficient (Wildman–Crippen LogP) is 2.64. The molecule has 0 aliphatic carbocycles. The van der Waals surface area contributed by atoms with Gasteiger partial charge in [0.1, 0.15) is 0 Å². The van der Waals surface area contributed by atoms with Gasteiger partial charge in [-0.05, 0) is 37.0 Å². The second kappa shape index (κ2) is 8.08. The zero-order valence-corrected chi connectivity index (χ0v) is 12.7. The first-order chi connectivity index (χ1) is 9.97. The molecule has 7 heteroatoms. The topological polar surface area (TPSA) is 57.6 Å². The number of hydrogen-bond acceptors (Lipinski definition) is 2. The van der Waals surface area contributed by atoms with E-state index in [4.69, 9.17) is 5.11 Å². The highest BCUT2D eigenvalue weighted by Gasteiger charge is 2.30. The van der Waals surface area contributed by atoms with Crippen molar-refractivity contribution in [2.75, 3.05) is 13.1 Å². The Morgan fingerprint density at radius 2 is 2.00 bits per heavy atom. The van der Waals surface area contributed by atoms with E-state index in [0.717, 1.165) is 12.1 Å². The van der Waals surface area contributed by atoms with Crippen LogP contribution in [0.1, 0.15) is 24.8 Å². The van der Waals surface area contributed by atoms with Crippen molar-refractivity contribution in [1.29, 1.82) is 0 Å². The average Bonchev–Trinajstić information content (AvgIpc) is 2.92. The van der Waals surface area contributed by atoms with E-state index >= 15 is 0 Å². The highest BCUT2D eigenvalue weighted by Crippen LogP contribution is 2.18. The molecule has 22 heavy (non-hydrogen) atoms. The minimum Gasteiger partial charge on any atom is -0.481 e. The van der Waals surface area contributed by atoms with E-state index in [1.165, 1.54) is 6.07 Å². The molecule has 1 N–H and O–H groups in total. The lowest BCUT2D eigenvalue weighted by molar-refractivity contribution is -0.141. The van der Waals surface area contributed by atoms with Crippen LogP contribution in [0.2, 0.25) is 0 Å². The van der Waals surface area contributed by atoms with Crippen molar-refractivity contribution in [3.8, 4) is 0 Å². The van der Waals surface area contributed by atoms with Crippen molar-refractivity contribution in [3.63, 3.8) is 0 Å². The van der Waals surface area contributed by atoms with Gasteiger partial charge in [0.25, 0.3) is 0 Å². The van der Waals surface area contributed by atoms with Crippen LogP contribution in [0.25, 0.3) is 0 Å². The van der Waals surface area contributed by atoms with Crippen LogP contribution in [0.5, 0.6) is 0 Å². The number of nitrogens with zero attached hydrogens (tertiary/aromatic N) is 1. The molecular weight excluding hydrogens is 316 g/mol. The van der Waals surface area contributed by atoms with Crippen LogP contribution in [-0.4, -0.2) is 35.0 Å². The molecule has 0 saturated carbocycles. The van der Waals surface area contributed by atoms with Gasteiger partial charge in [-0.2, -0.15) is 0 Å². The fourth-order valence-corrected chi connectivity index (χ4v) is 2.49. The number of rotatable bonds is 5. The zero-order chi connectivity index (χ0) is 15.4. The summed E-state index contributed by atoms with van der Waals surface area (Å²) in [5, 5.41) is 8.88. The quantitative estimate of drug-likeness (QED) is 0.901. The molecule has 1 aliphatic rings. The maximum Gasteiger partial charge on any atom is 0.308 e. The number of carbonyl (C=O) groups is 2. The van der Waals surface area contributed by atoms with Crippen molar-refractivity contribution in [3.05, 3.63) is 35.4 Å². The number of aliphatic carboxylic acids is 1. The molecule has 0 aromatic heterocycles. The molecule has 1 amide bonds. The maximum absolute atomic E-state index is 13.0. The van der Waals surface area contributed by atoms with E-state index in [2.05, 4.69) is 0 Å². The van der Waals surface area contributed by atoms with Crippen molar-refractivity contribution < 1.29 is 23.5 Å². The van der Waals surface area contributed by atoms with Crippen molar-refractivity contribution in [2.24, 2.45) is 5.92 Å². The summed E-state index contributed by atoms with van der Waals surface area (Å²) < 4.78 is 25.8. The van der Waals surface area contributed by atoms with Gasteiger partial charge in [0.2, 0.25) is 5.91 Å². The lowest BCUT2D eigenvalue weighted by atomic mass is 10.1. The molecule has 1 unspecified atom stereocenters. The first-order valence-corrected chi connectivity index (χ1v) is 6.92. The lowest BCUT2D eigenvalue weighted by Crippen LogP contribution is -2.29. The summed E-state index contributed by atoms with van der Waals surface area (Å²) in [5.74, 6) is -3.19. The minimum atomic E-state index is -0.886. The van der Waals surface area contributed by atoms with Gasteiger partial charge in [0.15, 0.2) is 11.6 Å². The van der Waals surface area contributed by atoms with Crippen LogP contribution < -0.4 is 0 Å². The Morgan fingerprint density at radius 3 is 2.59 bits per heavy atom. The first-order valence-electron chi connectivity index (χ1n) is 6.92. The maximum atomic E-state index is 13.0. The third kappa shape index (κ3) is 4.66. The average molecular weight is 334 g/mol. The van der Waals surface area contributed by atoms with Gasteiger partial charge >= 0.3 is 5.97 Å². The van der Waals surface area contributed by atoms with E-state index in [9.17, 15) is 18.4 Å². The third-order valence-electron chi connectivity index (χ3n) is 3.73. The summed E-state index contributed by atoms with van der Waals surface area (Å²) >= 11 is 0.